The highest BCUT2D eigenvalue weighted by molar-refractivity contribution is 6.39. The summed E-state index contributed by atoms with van der Waals surface area (Å²) in [5.41, 5.74) is 2.90. The van der Waals surface area contributed by atoms with Gasteiger partial charge in [-0.15, -0.1) is 0 Å². The summed E-state index contributed by atoms with van der Waals surface area (Å²) in [6, 6.07) is 22.3. The van der Waals surface area contributed by atoms with Gasteiger partial charge in [0, 0.05) is 0 Å². The van der Waals surface area contributed by atoms with Crippen LogP contribution in [0.2, 0.25) is 15.1 Å². The van der Waals surface area contributed by atoms with Gasteiger partial charge in [0.1, 0.15) is 16.9 Å². The molecule has 0 bridgehead atoms. The minimum absolute atomic E-state index is 0.00418. The van der Waals surface area contributed by atoms with Crippen molar-refractivity contribution >= 4 is 58.7 Å². The third kappa shape index (κ3) is 9.37. The van der Waals surface area contributed by atoms with Crippen LogP contribution in [0.1, 0.15) is 61.4 Å². The fourth-order valence-corrected chi connectivity index (χ4v) is 5.60. The number of halogens is 3. The first-order chi connectivity index (χ1) is 23.0. The Kier molecular flexibility index (Phi) is 13.0. The SMILES string of the molecule is Cc1cc(C)c(OC(=O)C(=O)Oc2c(Cl)cc(C)c(Cl)c2C(=O)OCCCc2ccccc2)c(C(=O)OCCCc2ccccc2)c1Cl. The quantitative estimate of drug-likeness (QED) is 0.0623. The molecule has 0 radical (unpaired) electrons. The fourth-order valence-electron chi connectivity index (χ4n) is 4.86. The van der Waals surface area contributed by atoms with Gasteiger partial charge in [0.2, 0.25) is 0 Å². The molecule has 0 spiro atoms. The van der Waals surface area contributed by atoms with Crippen molar-refractivity contribution in [1.29, 1.82) is 0 Å². The molecule has 4 rings (SSSR count). The van der Waals surface area contributed by atoms with Crippen LogP contribution in [-0.4, -0.2) is 37.1 Å². The first kappa shape index (κ1) is 36.5. The second kappa shape index (κ2) is 17.2. The summed E-state index contributed by atoms with van der Waals surface area (Å²) < 4.78 is 21.5. The topological polar surface area (TPSA) is 105 Å². The molecule has 11 heteroatoms. The van der Waals surface area contributed by atoms with Gasteiger partial charge < -0.3 is 18.9 Å². The summed E-state index contributed by atoms with van der Waals surface area (Å²) in [5.74, 6) is -5.51. The average molecular weight is 712 g/mol. The molecule has 0 aliphatic heterocycles. The van der Waals surface area contributed by atoms with Gasteiger partial charge in [0.15, 0.2) is 5.75 Å². The van der Waals surface area contributed by atoms with Gasteiger partial charge in [0.05, 0.1) is 28.3 Å². The van der Waals surface area contributed by atoms with Crippen molar-refractivity contribution in [2.24, 2.45) is 0 Å². The van der Waals surface area contributed by atoms with E-state index in [1.807, 2.05) is 60.7 Å². The van der Waals surface area contributed by atoms with E-state index >= 15 is 0 Å². The Morgan fingerprint density at radius 1 is 0.562 bits per heavy atom. The summed E-state index contributed by atoms with van der Waals surface area (Å²) in [6.07, 6.45) is 2.40. The summed E-state index contributed by atoms with van der Waals surface area (Å²) >= 11 is 19.3. The molecule has 250 valence electrons. The van der Waals surface area contributed by atoms with Crippen LogP contribution in [0.15, 0.2) is 72.8 Å². The molecule has 0 aromatic heterocycles. The third-order valence-electron chi connectivity index (χ3n) is 7.27. The van der Waals surface area contributed by atoms with Gasteiger partial charge in [0.25, 0.3) is 0 Å². The Morgan fingerprint density at radius 3 is 1.46 bits per heavy atom. The van der Waals surface area contributed by atoms with E-state index in [1.54, 1.807) is 26.8 Å². The Labute approximate surface area is 293 Å². The normalized spacial score (nSPS) is 10.7. The maximum Gasteiger partial charge on any atom is 0.423 e. The van der Waals surface area contributed by atoms with Crippen LogP contribution in [0.4, 0.5) is 0 Å². The number of hydrogen-bond donors (Lipinski definition) is 0. The zero-order valence-corrected chi connectivity index (χ0v) is 28.8. The van der Waals surface area contributed by atoms with Crippen LogP contribution in [-0.2, 0) is 31.9 Å². The molecule has 0 aliphatic carbocycles. The summed E-state index contributed by atoms with van der Waals surface area (Å²) in [6.45, 7) is 4.97. The van der Waals surface area contributed by atoms with E-state index in [0.29, 0.717) is 42.4 Å². The molecule has 0 saturated carbocycles. The standard InChI is InChI=1S/C37H33Cl3O8/c1-22-20-24(3)32(28(30(22)39)34(41)45-18-10-16-25-12-6-4-7-13-25)47-36(43)37(44)48-33-27(38)21-23(2)31(40)29(33)35(42)46-19-11-17-26-14-8-5-9-15-26/h4-9,12-15,20-21H,10-11,16-19H2,1-3H3. The first-order valence-corrected chi connectivity index (χ1v) is 16.3. The predicted octanol–water partition coefficient (Wildman–Crippen LogP) is 8.66. The zero-order chi connectivity index (χ0) is 34.8. The maximum atomic E-state index is 13.2. The van der Waals surface area contributed by atoms with E-state index in [4.69, 9.17) is 53.8 Å². The average Bonchev–Trinajstić information content (AvgIpc) is 3.07. The van der Waals surface area contributed by atoms with Gasteiger partial charge in [-0.05, 0) is 80.3 Å². The molecular formula is C37H33Cl3O8. The monoisotopic (exact) mass is 710 g/mol. The van der Waals surface area contributed by atoms with Crippen molar-refractivity contribution in [3.63, 3.8) is 0 Å². The van der Waals surface area contributed by atoms with E-state index in [-0.39, 0.29) is 45.2 Å². The Hall–Kier alpha value is -4.37. The van der Waals surface area contributed by atoms with Crippen molar-refractivity contribution < 1.29 is 38.1 Å². The van der Waals surface area contributed by atoms with E-state index in [0.717, 1.165) is 11.1 Å². The molecule has 0 saturated heterocycles. The van der Waals surface area contributed by atoms with E-state index < -0.39 is 29.6 Å². The van der Waals surface area contributed by atoms with Crippen LogP contribution in [0.25, 0.3) is 0 Å². The molecule has 48 heavy (non-hydrogen) atoms. The minimum atomic E-state index is -1.53. The molecule has 0 aliphatic rings. The lowest BCUT2D eigenvalue weighted by Gasteiger charge is -2.17. The van der Waals surface area contributed by atoms with Gasteiger partial charge in [-0.3, -0.25) is 0 Å². The fraction of sp³-hybridized carbons (Fsp3) is 0.243. The number of benzene rings is 4. The molecule has 0 N–H and O–H groups in total. The first-order valence-electron chi connectivity index (χ1n) is 15.1. The largest absolute Gasteiger partial charge is 0.462 e. The Bertz CT molecular complexity index is 1670. The smallest absolute Gasteiger partial charge is 0.423 e. The number of carbonyl (C=O) groups is 4. The predicted molar refractivity (Wildman–Crippen MR) is 183 cm³/mol. The highest BCUT2D eigenvalue weighted by Crippen LogP contribution is 2.38. The van der Waals surface area contributed by atoms with E-state index in [2.05, 4.69) is 0 Å². The second-order valence-corrected chi connectivity index (χ2v) is 12.1. The van der Waals surface area contributed by atoms with Crippen LogP contribution in [0.5, 0.6) is 11.5 Å². The van der Waals surface area contributed by atoms with Gasteiger partial charge in [-0.25, -0.2) is 19.2 Å². The second-order valence-electron chi connectivity index (χ2n) is 11.0. The molecule has 0 atom stereocenters. The molecule has 4 aromatic carbocycles. The molecule has 8 nitrogen and oxygen atoms in total. The van der Waals surface area contributed by atoms with Crippen molar-refractivity contribution in [1.82, 2.24) is 0 Å². The van der Waals surface area contributed by atoms with E-state index in [1.165, 1.54) is 6.07 Å². The number of ether oxygens (including phenoxy) is 4. The van der Waals surface area contributed by atoms with Crippen LogP contribution < -0.4 is 9.47 Å². The van der Waals surface area contributed by atoms with Crippen LogP contribution in [0, 0.1) is 20.8 Å². The van der Waals surface area contributed by atoms with Crippen LogP contribution >= 0.6 is 34.8 Å². The van der Waals surface area contributed by atoms with Crippen LogP contribution in [0.3, 0.4) is 0 Å². The molecule has 0 amide bonds. The van der Waals surface area contributed by atoms with Gasteiger partial charge in [-0.2, -0.15) is 0 Å². The summed E-state index contributed by atoms with van der Waals surface area (Å²) in [4.78, 5) is 52.4. The van der Waals surface area contributed by atoms with Gasteiger partial charge in [-0.1, -0.05) is 102 Å². The summed E-state index contributed by atoms with van der Waals surface area (Å²) in [5, 5.41) is -0.235. The lowest BCUT2D eigenvalue weighted by Crippen LogP contribution is -2.28. The lowest BCUT2D eigenvalue weighted by atomic mass is 10.1. The van der Waals surface area contributed by atoms with Crippen molar-refractivity contribution in [3.8, 4) is 11.5 Å². The molecule has 0 heterocycles. The maximum absolute atomic E-state index is 13.2. The number of esters is 4. The van der Waals surface area contributed by atoms with Crippen molar-refractivity contribution in [3.05, 3.63) is 127 Å². The molecule has 4 aromatic rings. The number of aryl methyl sites for hydroxylation is 5. The Balaban J connectivity index is 1.47. The zero-order valence-electron chi connectivity index (χ0n) is 26.6. The van der Waals surface area contributed by atoms with E-state index in [9.17, 15) is 19.2 Å². The minimum Gasteiger partial charge on any atom is -0.462 e. The molecule has 0 fully saturated rings. The highest BCUT2D eigenvalue weighted by Gasteiger charge is 2.31. The number of carbonyl (C=O) groups excluding carboxylic acids is 4. The number of rotatable bonds is 12. The van der Waals surface area contributed by atoms with Crippen molar-refractivity contribution in [2.75, 3.05) is 13.2 Å². The van der Waals surface area contributed by atoms with Gasteiger partial charge >= 0.3 is 23.9 Å². The Morgan fingerprint density at radius 2 is 0.979 bits per heavy atom. The molecule has 0 unspecified atom stereocenters. The molecular weight excluding hydrogens is 679 g/mol. The third-order valence-corrected chi connectivity index (χ3v) is 8.53. The summed E-state index contributed by atoms with van der Waals surface area (Å²) in [7, 11) is 0. The lowest BCUT2D eigenvalue weighted by molar-refractivity contribution is -0.156. The number of hydrogen-bond acceptors (Lipinski definition) is 8. The van der Waals surface area contributed by atoms with Crippen molar-refractivity contribution in [2.45, 2.75) is 46.5 Å². The highest BCUT2D eigenvalue weighted by atomic mass is 35.5.